The minimum Gasteiger partial charge on any atom is -0.309 e. The Kier molecular flexibility index (Phi) is 7.22. The first kappa shape index (κ1) is 31.1. The normalized spacial score (nSPS) is 11.3. The Morgan fingerprint density at radius 1 is 0.352 bits per heavy atom. The summed E-state index contributed by atoms with van der Waals surface area (Å²) in [7, 11) is 0. The summed E-state index contributed by atoms with van der Waals surface area (Å²) in [6.45, 7) is 0. The van der Waals surface area contributed by atoms with E-state index in [-0.39, 0.29) is 0 Å². The maximum absolute atomic E-state index is 10.6. The van der Waals surface area contributed by atoms with E-state index in [4.69, 9.17) is 0 Å². The SMILES string of the molecule is N#Cc1cccc(-c2cc3c(cc2-n2c4ccc(-c5ccccc5)cc4c4cc(-c5ccccc5)ccc42)c2ccccc2n3-c2ccccc2)c1C#N. The molecular formula is C50H30N4. The van der Waals surface area contributed by atoms with Crippen LogP contribution < -0.4 is 0 Å². The Labute approximate surface area is 312 Å². The summed E-state index contributed by atoms with van der Waals surface area (Å²) >= 11 is 0. The monoisotopic (exact) mass is 686 g/mol. The molecule has 0 atom stereocenters. The molecule has 0 unspecified atom stereocenters. The Hall–Kier alpha value is -7.66. The molecule has 0 fully saturated rings. The fraction of sp³-hybridized carbons (Fsp3) is 0. The molecule has 0 saturated carbocycles. The summed E-state index contributed by atoms with van der Waals surface area (Å²) in [6, 6.07) is 68.0. The minimum atomic E-state index is 0.354. The van der Waals surface area contributed by atoms with E-state index in [9.17, 15) is 10.5 Å². The second-order valence-corrected chi connectivity index (χ2v) is 13.6. The molecule has 2 aromatic heterocycles. The molecule has 10 rings (SSSR count). The maximum atomic E-state index is 10.6. The van der Waals surface area contributed by atoms with E-state index in [0.717, 1.165) is 88.4 Å². The van der Waals surface area contributed by atoms with E-state index in [2.05, 4.69) is 167 Å². The number of nitriles is 2. The molecule has 0 spiro atoms. The van der Waals surface area contributed by atoms with Crippen molar-refractivity contribution in [2.75, 3.05) is 0 Å². The van der Waals surface area contributed by atoms with Crippen molar-refractivity contribution in [1.29, 1.82) is 10.5 Å². The van der Waals surface area contributed by atoms with Crippen LogP contribution in [0, 0.1) is 22.7 Å². The number of hydrogen-bond acceptors (Lipinski definition) is 2. The van der Waals surface area contributed by atoms with E-state index < -0.39 is 0 Å². The van der Waals surface area contributed by atoms with Gasteiger partial charge in [-0.15, -0.1) is 0 Å². The molecule has 250 valence electrons. The second kappa shape index (κ2) is 12.5. The number of nitrogens with zero attached hydrogens (tertiary/aromatic N) is 4. The quantitative estimate of drug-likeness (QED) is 0.181. The lowest BCUT2D eigenvalue weighted by Gasteiger charge is -2.17. The van der Waals surface area contributed by atoms with Gasteiger partial charge in [-0.25, -0.2) is 0 Å². The first-order chi connectivity index (χ1) is 26.7. The second-order valence-electron chi connectivity index (χ2n) is 13.6. The van der Waals surface area contributed by atoms with E-state index in [1.165, 1.54) is 0 Å². The summed E-state index contributed by atoms with van der Waals surface area (Å²) in [5.41, 5.74) is 13.1. The van der Waals surface area contributed by atoms with E-state index >= 15 is 0 Å². The van der Waals surface area contributed by atoms with Crippen LogP contribution >= 0.6 is 0 Å². The molecule has 10 aromatic rings. The van der Waals surface area contributed by atoms with Crippen molar-refractivity contribution >= 4 is 43.6 Å². The topological polar surface area (TPSA) is 57.4 Å². The van der Waals surface area contributed by atoms with Gasteiger partial charge in [0.1, 0.15) is 12.1 Å². The standard InChI is InChI=1S/C50H30N4/c51-31-37-17-12-21-39(45(37)32-52)43-29-49-44(40-20-10-11-22-46(40)53(49)38-18-8-3-9-19-38)30-50(43)54-47-25-23-35(33-13-4-1-5-14-33)27-41(47)42-28-36(24-26-48(42)54)34-15-6-2-7-16-34/h1-30H. The van der Waals surface area contributed by atoms with E-state index in [0.29, 0.717) is 11.1 Å². The van der Waals surface area contributed by atoms with Crippen LogP contribution in [0.2, 0.25) is 0 Å². The van der Waals surface area contributed by atoms with Crippen molar-refractivity contribution < 1.29 is 0 Å². The number of benzene rings is 8. The average Bonchev–Trinajstić information content (AvgIpc) is 3.75. The lowest BCUT2D eigenvalue weighted by molar-refractivity contribution is 1.17. The molecule has 0 bridgehead atoms. The van der Waals surface area contributed by atoms with Crippen LogP contribution in [0.25, 0.3) is 88.4 Å². The number of fused-ring (bicyclic) bond motifs is 6. The molecule has 4 nitrogen and oxygen atoms in total. The van der Waals surface area contributed by atoms with E-state index in [1.807, 2.05) is 30.3 Å². The molecule has 0 aliphatic rings. The molecule has 0 saturated heterocycles. The molecule has 0 aliphatic heterocycles. The van der Waals surface area contributed by atoms with Gasteiger partial charge in [0.15, 0.2) is 0 Å². The molecular weight excluding hydrogens is 657 g/mol. The highest BCUT2D eigenvalue weighted by Crippen LogP contribution is 2.44. The van der Waals surface area contributed by atoms with Gasteiger partial charge in [0.05, 0.1) is 38.9 Å². The van der Waals surface area contributed by atoms with Crippen LogP contribution in [0.1, 0.15) is 11.1 Å². The van der Waals surface area contributed by atoms with Gasteiger partial charge in [0.2, 0.25) is 0 Å². The predicted molar refractivity (Wildman–Crippen MR) is 221 cm³/mol. The molecule has 8 aromatic carbocycles. The molecule has 0 N–H and O–H groups in total. The van der Waals surface area contributed by atoms with Crippen molar-refractivity contribution in [3.8, 4) is 56.9 Å². The number of aromatic nitrogens is 2. The molecule has 2 heterocycles. The summed E-state index contributed by atoms with van der Waals surface area (Å²) in [5.74, 6) is 0. The summed E-state index contributed by atoms with van der Waals surface area (Å²) in [6.07, 6.45) is 0. The number of hydrogen-bond donors (Lipinski definition) is 0. The molecule has 0 aliphatic carbocycles. The maximum Gasteiger partial charge on any atom is 0.101 e. The molecule has 54 heavy (non-hydrogen) atoms. The summed E-state index contributed by atoms with van der Waals surface area (Å²) in [5, 5.41) is 25.2. The molecule has 0 radical (unpaired) electrons. The number of para-hydroxylation sites is 2. The minimum absolute atomic E-state index is 0.354. The van der Waals surface area contributed by atoms with Gasteiger partial charge in [-0.3, -0.25) is 0 Å². The van der Waals surface area contributed by atoms with Crippen molar-refractivity contribution in [2.24, 2.45) is 0 Å². The third-order valence-corrected chi connectivity index (χ3v) is 10.6. The van der Waals surface area contributed by atoms with Gasteiger partial charge in [0.25, 0.3) is 0 Å². The smallest absolute Gasteiger partial charge is 0.101 e. The van der Waals surface area contributed by atoms with Gasteiger partial charge >= 0.3 is 0 Å². The zero-order valence-corrected chi connectivity index (χ0v) is 29.1. The lowest BCUT2D eigenvalue weighted by atomic mass is 9.94. The Bertz CT molecular complexity index is 3060. The van der Waals surface area contributed by atoms with Crippen molar-refractivity contribution in [3.05, 3.63) is 193 Å². The van der Waals surface area contributed by atoms with Crippen LogP contribution in [-0.4, -0.2) is 9.13 Å². The van der Waals surface area contributed by atoms with Crippen molar-refractivity contribution in [3.63, 3.8) is 0 Å². The number of rotatable bonds is 5. The Morgan fingerprint density at radius 3 is 1.52 bits per heavy atom. The van der Waals surface area contributed by atoms with Crippen molar-refractivity contribution in [2.45, 2.75) is 0 Å². The largest absolute Gasteiger partial charge is 0.309 e. The van der Waals surface area contributed by atoms with Crippen LogP contribution in [0.3, 0.4) is 0 Å². The zero-order valence-electron chi connectivity index (χ0n) is 29.1. The van der Waals surface area contributed by atoms with Crippen LogP contribution in [0.5, 0.6) is 0 Å². The van der Waals surface area contributed by atoms with Crippen LogP contribution in [0.4, 0.5) is 0 Å². The van der Waals surface area contributed by atoms with Gasteiger partial charge in [-0.1, -0.05) is 121 Å². The highest BCUT2D eigenvalue weighted by atomic mass is 15.0. The van der Waals surface area contributed by atoms with Gasteiger partial charge in [0, 0.05) is 38.4 Å². The summed E-state index contributed by atoms with van der Waals surface area (Å²) < 4.78 is 4.64. The Balaban J connectivity index is 1.37. The lowest BCUT2D eigenvalue weighted by Crippen LogP contribution is -2.01. The third-order valence-electron chi connectivity index (χ3n) is 10.6. The first-order valence-corrected chi connectivity index (χ1v) is 18.0. The van der Waals surface area contributed by atoms with Gasteiger partial charge in [-0.2, -0.15) is 10.5 Å². The fourth-order valence-electron chi connectivity index (χ4n) is 8.15. The predicted octanol–water partition coefficient (Wildman–Crippen LogP) is 12.6. The van der Waals surface area contributed by atoms with E-state index in [1.54, 1.807) is 6.07 Å². The fourth-order valence-corrected chi connectivity index (χ4v) is 8.15. The molecule has 0 amide bonds. The Morgan fingerprint density at radius 2 is 0.907 bits per heavy atom. The van der Waals surface area contributed by atoms with Gasteiger partial charge < -0.3 is 9.13 Å². The van der Waals surface area contributed by atoms with Crippen LogP contribution in [-0.2, 0) is 0 Å². The van der Waals surface area contributed by atoms with Gasteiger partial charge in [-0.05, 0) is 82.9 Å². The van der Waals surface area contributed by atoms with Crippen LogP contribution in [0.15, 0.2) is 182 Å². The molecule has 4 heteroatoms. The zero-order chi connectivity index (χ0) is 36.2. The highest BCUT2D eigenvalue weighted by molar-refractivity contribution is 6.15. The third kappa shape index (κ3) is 4.83. The highest BCUT2D eigenvalue weighted by Gasteiger charge is 2.23. The van der Waals surface area contributed by atoms with Crippen molar-refractivity contribution in [1.82, 2.24) is 9.13 Å². The first-order valence-electron chi connectivity index (χ1n) is 18.0. The summed E-state index contributed by atoms with van der Waals surface area (Å²) in [4.78, 5) is 0. The average molecular weight is 687 g/mol.